The third-order valence-corrected chi connectivity index (χ3v) is 10.2. The molecule has 1 atom stereocenters. The molecule has 2 aromatic carbocycles. The molecule has 9 heteroatoms. The molecule has 0 unspecified atom stereocenters. The Bertz CT molecular complexity index is 1410. The van der Waals surface area contributed by atoms with E-state index in [1.54, 1.807) is 24.3 Å². The lowest BCUT2D eigenvalue weighted by Crippen LogP contribution is -2.59. The molecule has 2 amide bonds. The summed E-state index contributed by atoms with van der Waals surface area (Å²) in [6.45, 7) is 8.51. The van der Waals surface area contributed by atoms with Crippen LogP contribution in [0.5, 0.6) is 0 Å². The van der Waals surface area contributed by atoms with Crippen LogP contribution in [0.1, 0.15) is 67.5 Å². The molecule has 1 saturated carbocycles. The molecule has 2 N–H and O–H groups in total. The van der Waals surface area contributed by atoms with Crippen LogP contribution in [0.2, 0.25) is 5.02 Å². The quantitative estimate of drug-likeness (QED) is 0.267. The van der Waals surface area contributed by atoms with Gasteiger partial charge in [0.05, 0.1) is 0 Å². The number of carbonyl (C=O) groups excluding carboxylic acids is 2. The summed E-state index contributed by atoms with van der Waals surface area (Å²) in [7, 11) is 0. The fraction of sp³-hybridized carbons (Fsp3) is 0.556. The van der Waals surface area contributed by atoms with Gasteiger partial charge in [0.15, 0.2) is 5.76 Å². The molecule has 3 fully saturated rings. The minimum absolute atomic E-state index is 0.0163. The summed E-state index contributed by atoms with van der Waals surface area (Å²) in [5.41, 5.74) is 0.858. The van der Waals surface area contributed by atoms with E-state index < -0.39 is 5.54 Å². The molecule has 45 heavy (non-hydrogen) atoms. The van der Waals surface area contributed by atoms with Crippen LogP contribution in [0.15, 0.2) is 59.0 Å². The molecule has 6 rings (SSSR count). The number of hydrogen-bond donors (Lipinski definition) is 2. The summed E-state index contributed by atoms with van der Waals surface area (Å²) >= 11 is 6.13. The molecule has 2 aliphatic heterocycles. The number of hydrogen-bond acceptors (Lipinski definition) is 6. The van der Waals surface area contributed by atoms with Crippen LogP contribution in [0.25, 0.3) is 11.0 Å². The first-order chi connectivity index (χ1) is 22.0. The van der Waals surface area contributed by atoms with Gasteiger partial charge in [-0.3, -0.25) is 9.59 Å². The Hall–Kier alpha value is -2.91. The predicted molar refractivity (Wildman–Crippen MR) is 178 cm³/mol. The summed E-state index contributed by atoms with van der Waals surface area (Å²) in [4.78, 5) is 32.6. The Labute approximate surface area is 271 Å². The van der Waals surface area contributed by atoms with Crippen molar-refractivity contribution in [1.29, 1.82) is 0 Å². The number of nitrogens with one attached hydrogen (secondary N) is 2. The van der Waals surface area contributed by atoms with Crippen molar-refractivity contribution >= 4 is 34.4 Å². The Morgan fingerprint density at radius 3 is 2.44 bits per heavy atom. The Balaban J connectivity index is 1.05. The third kappa shape index (κ3) is 8.47. The van der Waals surface area contributed by atoms with Crippen molar-refractivity contribution in [2.45, 2.75) is 69.4 Å². The number of nitrogens with zero attached hydrogens (tertiary/aromatic N) is 2. The van der Waals surface area contributed by atoms with E-state index in [0.717, 1.165) is 89.3 Å². The van der Waals surface area contributed by atoms with Gasteiger partial charge in [0.2, 0.25) is 5.91 Å². The molecule has 8 nitrogen and oxygen atoms in total. The van der Waals surface area contributed by atoms with E-state index in [-0.39, 0.29) is 23.6 Å². The molecular formula is C36H47ClN4O4. The van der Waals surface area contributed by atoms with Gasteiger partial charge >= 0.3 is 0 Å². The molecule has 242 valence electrons. The highest BCUT2D eigenvalue weighted by molar-refractivity contribution is 6.31. The van der Waals surface area contributed by atoms with Gasteiger partial charge in [0.1, 0.15) is 11.1 Å². The van der Waals surface area contributed by atoms with Crippen LogP contribution in [0.4, 0.5) is 0 Å². The zero-order chi connectivity index (χ0) is 31.1. The van der Waals surface area contributed by atoms with Crippen molar-refractivity contribution in [3.8, 4) is 0 Å². The maximum absolute atomic E-state index is 14.0. The number of carbonyl (C=O) groups is 2. The van der Waals surface area contributed by atoms with E-state index in [1.165, 1.54) is 24.9 Å². The van der Waals surface area contributed by atoms with Gasteiger partial charge in [-0.1, -0.05) is 54.8 Å². The largest absolute Gasteiger partial charge is 0.451 e. The van der Waals surface area contributed by atoms with Gasteiger partial charge in [0.25, 0.3) is 5.91 Å². The highest BCUT2D eigenvalue weighted by Gasteiger charge is 2.43. The van der Waals surface area contributed by atoms with Crippen LogP contribution in [-0.4, -0.2) is 85.7 Å². The summed E-state index contributed by atoms with van der Waals surface area (Å²) in [6, 6.07) is 17.3. The van der Waals surface area contributed by atoms with Gasteiger partial charge in [-0.05, 0) is 87.2 Å². The lowest BCUT2D eigenvalue weighted by Gasteiger charge is -2.37. The summed E-state index contributed by atoms with van der Waals surface area (Å²) in [5.74, 6) is 0.517. The number of piperazine rings is 1. The highest BCUT2D eigenvalue weighted by atomic mass is 35.5. The van der Waals surface area contributed by atoms with Gasteiger partial charge < -0.3 is 29.6 Å². The van der Waals surface area contributed by atoms with E-state index in [1.807, 2.05) is 18.2 Å². The first-order valence-electron chi connectivity index (χ1n) is 16.8. The van der Waals surface area contributed by atoms with Gasteiger partial charge in [-0.25, -0.2) is 0 Å². The Morgan fingerprint density at radius 2 is 1.69 bits per heavy atom. The van der Waals surface area contributed by atoms with Gasteiger partial charge in [-0.15, -0.1) is 0 Å². The average molecular weight is 635 g/mol. The zero-order valence-corrected chi connectivity index (χ0v) is 27.0. The SMILES string of the molecule is O=C(NC1(C(=O)N[C@@H](CCCN2CCN(CC3CCOCC3)CC2)Cc2ccccc2)CCCC1)c1cc2cc(Cl)ccc2o1. The molecule has 0 bridgehead atoms. The second kappa shape index (κ2) is 15.1. The maximum atomic E-state index is 14.0. The first kappa shape index (κ1) is 32.0. The molecule has 0 spiro atoms. The van der Waals surface area contributed by atoms with E-state index in [0.29, 0.717) is 23.4 Å². The number of furan rings is 1. The van der Waals surface area contributed by atoms with Crippen molar-refractivity contribution in [2.24, 2.45) is 5.92 Å². The standard InChI is InChI=1S/C36H47ClN4O4/c37-30-10-11-32-29(24-30)25-33(45-32)34(42)39-36(14-4-5-15-36)35(43)38-31(23-27-7-2-1-3-8-27)9-6-16-40-17-19-41(20-18-40)26-28-12-21-44-22-13-28/h1-3,7-8,10-11,24-25,28,31H,4-6,9,12-23,26H2,(H,38,43)(H,39,42)/t31-/m0/s1. The topological polar surface area (TPSA) is 87.1 Å². The van der Waals surface area contributed by atoms with Crippen LogP contribution in [0, 0.1) is 5.92 Å². The molecule has 1 aromatic heterocycles. The third-order valence-electron chi connectivity index (χ3n) is 9.96. The normalized spacial score (nSPS) is 20.3. The number of ether oxygens (including phenoxy) is 1. The molecule has 1 aliphatic carbocycles. The van der Waals surface area contributed by atoms with E-state index in [2.05, 4.69) is 32.6 Å². The zero-order valence-electron chi connectivity index (χ0n) is 26.3. The highest BCUT2D eigenvalue weighted by Crippen LogP contribution is 2.32. The van der Waals surface area contributed by atoms with Crippen molar-refractivity contribution in [2.75, 3.05) is 52.5 Å². The first-order valence-corrected chi connectivity index (χ1v) is 17.2. The maximum Gasteiger partial charge on any atom is 0.287 e. The van der Waals surface area contributed by atoms with Gasteiger partial charge in [-0.2, -0.15) is 0 Å². The lowest BCUT2D eigenvalue weighted by atomic mass is 9.93. The van der Waals surface area contributed by atoms with Crippen molar-refractivity contribution in [3.05, 3.63) is 70.9 Å². The van der Waals surface area contributed by atoms with Crippen molar-refractivity contribution < 1.29 is 18.7 Å². The molecule has 2 saturated heterocycles. The summed E-state index contributed by atoms with van der Waals surface area (Å²) in [6.07, 6.45) is 8.07. The Morgan fingerprint density at radius 1 is 0.956 bits per heavy atom. The molecule has 3 aliphatic rings. The van der Waals surface area contributed by atoms with Crippen molar-refractivity contribution in [3.63, 3.8) is 0 Å². The van der Waals surface area contributed by atoms with Crippen LogP contribution in [-0.2, 0) is 16.0 Å². The molecule has 3 aromatic rings. The fourth-order valence-electron chi connectivity index (χ4n) is 7.29. The molecular weight excluding hydrogens is 588 g/mol. The lowest BCUT2D eigenvalue weighted by molar-refractivity contribution is -0.128. The van der Waals surface area contributed by atoms with Gasteiger partial charge in [0, 0.05) is 62.4 Å². The summed E-state index contributed by atoms with van der Waals surface area (Å²) in [5, 5.41) is 7.84. The number of benzene rings is 2. The second-order valence-corrected chi connectivity index (χ2v) is 13.7. The molecule has 0 radical (unpaired) electrons. The average Bonchev–Trinajstić information content (AvgIpc) is 3.71. The second-order valence-electron chi connectivity index (χ2n) is 13.2. The number of halogens is 1. The molecule has 3 heterocycles. The predicted octanol–water partition coefficient (Wildman–Crippen LogP) is 5.68. The number of rotatable bonds is 12. The van der Waals surface area contributed by atoms with Crippen LogP contribution < -0.4 is 10.6 Å². The monoisotopic (exact) mass is 634 g/mol. The van der Waals surface area contributed by atoms with E-state index >= 15 is 0 Å². The fourth-order valence-corrected chi connectivity index (χ4v) is 7.47. The number of amides is 2. The number of fused-ring (bicyclic) bond motifs is 1. The minimum atomic E-state index is -0.941. The minimum Gasteiger partial charge on any atom is -0.451 e. The summed E-state index contributed by atoms with van der Waals surface area (Å²) < 4.78 is 11.4. The van der Waals surface area contributed by atoms with Crippen molar-refractivity contribution in [1.82, 2.24) is 20.4 Å². The smallest absolute Gasteiger partial charge is 0.287 e. The van der Waals surface area contributed by atoms with Crippen LogP contribution in [0.3, 0.4) is 0 Å². The van der Waals surface area contributed by atoms with Crippen LogP contribution >= 0.6 is 11.6 Å². The van der Waals surface area contributed by atoms with E-state index in [4.69, 9.17) is 20.8 Å². The van der Waals surface area contributed by atoms with E-state index in [9.17, 15) is 9.59 Å². The Kier molecular flexibility index (Phi) is 10.8.